The molecular weight excluding hydrogens is 234 g/mol. The lowest BCUT2D eigenvalue weighted by atomic mass is 10.3. The van der Waals surface area contributed by atoms with Crippen molar-refractivity contribution in [2.45, 2.75) is 6.43 Å². The van der Waals surface area contributed by atoms with Crippen LogP contribution in [0.2, 0.25) is 0 Å². The third-order valence-corrected chi connectivity index (χ3v) is 1.78. The summed E-state index contributed by atoms with van der Waals surface area (Å²) in [6.45, 7) is 0. The first-order valence-corrected chi connectivity index (χ1v) is 3.74. The van der Waals surface area contributed by atoms with Gasteiger partial charge >= 0.3 is 0 Å². The maximum absolute atomic E-state index is 12.0. The average Bonchev–Trinajstić information content (AvgIpc) is 1.99. The highest BCUT2D eigenvalue weighted by Crippen LogP contribution is 2.31. The van der Waals surface area contributed by atoms with Crippen LogP contribution in [0.4, 0.5) is 14.5 Å². The molecule has 3 N–H and O–H groups in total. The molecule has 12 heavy (non-hydrogen) atoms. The Morgan fingerprint density at radius 3 is 2.58 bits per heavy atom. The van der Waals surface area contributed by atoms with Crippen LogP contribution in [0.5, 0.6) is 5.75 Å². The minimum atomic E-state index is -2.69. The molecule has 0 aromatic carbocycles. The lowest BCUT2D eigenvalue weighted by Gasteiger charge is -2.03. The molecule has 0 fully saturated rings. The van der Waals surface area contributed by atoms with E-state index in [0.29, 0.717) is 0 Å². The summed E-state index contributed by atoms with van der Waals surface area (Å²) >= 11 is 2.79. The number of hydrogen-bond acceptors (Lipinski definition) is 3. The molecule has 0 radical (unpaired) electrons. The van der Waals surface area contributed by atoms with Crippen molar-refractivity contribution in [3.05, 3.63) is 16.4 Å². The van der Waals surface area contributed by atoms with Crippen LogP contribution in [0.15, 0.2) is 10.7 Å². The molecule has 0 aliphatic heterocycles. The first-order valence-electron chi connectivity index (χ1n) is 2.95. The number of aromatic hydroxyl groups is 1. The van der Waals surface area contributed by atoms with Gasteiger partial charge in [0.15, 0.2) is 5.75 Å². The zero-order valence-electron chi connectivity index (χ0n) is 5.76. The van der Waals surface area contributed by atoms with E-state index >= 15 is 0 Å². The van der Waals surface area contributed by atoms with Gasteiger partial charge in [-0.1, -0.05) is 0 Å². The van der Waals surface area contributed by atoms with Crippen LogP contribution in [-0.4, -0.2) is 10.1 Å². The predicted octanol–water partition coefficient (Wildman–Crippen LogP) is 2.07. The Morgan fingerprint density at radius 2 is 2.17 bits per heavy atom. The highest BCUT2D eigenvalue weighted by Gasteiger charge is 2.13. The molecule has 3 nitrogen and oxygen atoms in total. The maximum Gasteiger partial charge on any atom is 0.280 e. The SMILES string of the molecule is Nc1cc(C(F)F)nc(Br)c1O. The Hall–Kier alpha value is -0.910. The van der Waals surface area contributed by atoms with Crippen LogP contribution in [0.25, 0.3) is 0 Å². The van der Waals surface area contributed by atoms with E-state index in [4.69, 9.17) is 10.8 Å². The summed E-state index contributed by atoms with van der Waals surface area (Å²) in [5.41, 5.74) is 4.63. The van der Waals surface area contributed by atoms with E-state index in [1.165, 1.54) is 0 Å². The lowest BCUT2D eigenvalue weighted by Crippen LogP contribution is -1.95. The smallest absolute Gasteiger partial charge is 0.280 e. The van der Waals surface area contributed by atoms with Crippen LogP contribution in [0.1, 0.15) is 12.1 Å². The fourth-order valence-corrected chi connectivity index (χ4v) is 1.09. The third-order valence-electron chi connectivity index (χ3n) is 1.22. The number of pyridine rings is 1. The van der Waals surface area contributed by atoms with Gasteiger partial charge in [0, 0.05) is 0 Å². The summed E-state index contributed by atoms with van der Waals surface area (Å²) in [6.07, 6.45) is -2.69. The Balaban J connectivity index is 3.21. The van der Waals surface area contributed by atoms with Gasteiger partial charge in [0.2, 0.25) is 0 Å². The molecule has 0 aliphatic rings. The summed E-state index contributed by atoms with van der Waals surface area (Å²) < 4.78 is 24.0. The number of halogens is 3. The van der Waals surface area contributed by atoms with Crippen molar-refractivity contribution >= 4 is 21.6 Å². The molecule has 6 heteroatoms. The Kier molecular flexibility index (Phi) is 2.46. The number of aromatic nitrogens is 1. The Bertz CT molecular complexity index is 283. The molecule has 0 atom stereocenters. The molecular formula is C6H5BrF2N2O. The molecule has 0 bridgehead atoms. The molecule has 1 rings (SSSR count). The predicted molar refractivity (Wildman–Crippen MR) is 43.0 cm³/mol. The van der Waals surface area contributed by atoms with Gasteiger partial charge in [-0.3, -0.25) is 0 Å². The van der Waals surface area contributed by atoms with Crippen molar-refractivity contribution in [1.82, 2.24) is 4.98 Å². The molecule has 0 aliphatic carbocycles. The molecule has 1 aromatic heterocycles. The number of nitrogens with zero attached hydrogens (tertiary/aromatic N) is 1. The molecule has 66 valence electrons. The fraction of sp³-hybridized carbons (Fsp3) is 0.167. The fourth-order valence-electron chi connectivity index (χ4n) is 0.657. The van der Waals surface area contributed by atoms with E-state index < -0.39 is 12.1 Å². The van der Waals surface area contributed by atoms with E-state index in [1.807, 2.05) is 0 Å². The lowest BCUT2D eigenvalue weighted by molar-refractivity contribution is 0.146. The summed E-state index contributed by atoms with van der Waals surface area (Å²) in [7, 11) is 0. The number of nitrogen functional groups attached to an aromatic ring is 1. The Morgan fingerprint density at radius 1 is 1.58 bits per heavy atom. The molecule has 1 aromatic rings. The zero-order valence-corrected chi connectivity index (χ0v) is 7.35. The minimum absolute atomic E-state index is 0.0715. The van der Waals surface area contributed by atoms with Crippen molar-refractivity contribution in [3.8, 4) is 5.75 Å². The molecule has 0 spiro atoms. The van der Waals surface area contributed by atoms with Gasteiger partial charge in [0.1, 0.15) is 10.3 Å². The number of hydrogen-bond donors (Lipinski definition) is 2. The average molecular weight is 239 g/mol. The van der Waals surface area contributed by atoms with Gasteiger partial charge in [-0.25, -0.2) is 13.8 Å². The normalized spacial score (nSPS) is 10.7. The standard InChI is InChI=1S/C6H5BrF2N2O/c7-5-4(12)2(10)1-3(11-5)6(8)9/h1,6,12H,(H2,10,11). The summed E-state index contributed by atoms with van der Waals surface area (Å²) in [6, 6.07) is 0.935. The van der Waals surface area contributed by atoms with Crippen molar-refractivity contribution in [3.63, 3.8) is 0 Å². The van der Waals surface area contributed by atoms with Gasteiger partial charge in [0.25, 0.3) is 6.43 Å². The van der Waals surface area contributed by atoms with Crippen LogP contribution in [0.3, 0.4) is 0 Å². The molecule has 0 amide bonds. The van der Waals surface area contributed by atoms with Gasteiger partial charge < -0.3 is 10.8 Å². The second kappa shape index (κ2) is 3.22. The van der Waals surface area contributed by atoms with Gasteiger partial charge in [-0.15, -0.1) is 0 Å². The number of rotatable bonds is 1. The summed E-state index contributed by atoms with van der Waals surface area (Å²) in [5.74, 6) is -0.320. The van der Waals surface area contributed by atoms with Crippen molar-refractivity contribution in [2.75, 3.05) is 5.73 Å². The van der Waals surface area contributed by atoms with Crippen LogP contribution in [-0.2, 0) is 0 Å². The highest BCUT2D eigenvalue weighted by atomic mass is 79.9. The molecule has 0 saturated carbocycles. The van der Waals surface area contributed by atoms with E-state index in [9.17, 15) is 8.78 Å². The van der Waals surface area contributed by atoms with Gasteiger partial charge in [-0.05, 0) is 22.0 Å². The van der Waals surface area contributed by atoms with Gasteiger partial charge in [-0.2, -0.15) is 0 Å². The quantitative estimate of drug-likeness (QED) is 0.737. The van der Waals surface area contributed by atoms with Gasteiger partial charge in [0.05, 0.1) is 5.69 Å². The second-order valence-electron chi connectivity index (χ2n) is 2.08. The van der Waals surface area contributed by atoms with Crippen molar-refractivity contribution in [1.29, 1.82) is 0 Å². The molecule has 0 saturated heterocycles. The minimum Gasteiger partial charge on any atom is -0.504 e. The topological polar surface area (TPSA) is 59.1 Å². The number of alkyl halides is 2. The van der Waals surface area contributed by atoms with E-state index in [-0.39, 0.29) is 16.0 Å². The highest BCUT2D eigenvalue weighted by molar-refractivity contribution is 9.10. The first-order chi connectivity index (χ1) is 5.52. The van der Waals surface area contributed by atoms with E-state index in [1.54, 1.807) is 0 Å². The number of nitrogens with two attached hydrogens (primary N) is 1. The zero-order chi connectivity index (χ0) is 9.30. The second-order valence-corrected chi connectivity index (χ2v) is 2.83. The Labute approximate surface area is 75.3 Å². The van der Waals surface area contributed by atoms with Crippen molar-refractivity contribution in [2.24, 2.45) is 0 Å². The molecule has 1 heterocycles. The first kappa shape index (κ1) is 9.18. The third kappa shape index (κ3) is 1.63. The largest absolute Gasteiger partial charge is 0.504 e. The summed E-state index contributed by atoms with van der Waals surface area (Å²) in [5, 5.41) is 9.03. The van der Waals surface area contributed by atoms with Crippen LogP contribution in [0, 0.1) is 0 Å². The number of anilines is 1. The maximum atomic E-state index is 12.0. The molecule has 0 unspecified atom stereocenters. The van der Waals surface area contributed by atoms with Crippen molar-refractivity contribution < 1.29 is 13.9 Å². The monoisotopic (exact) mass is 238 g/mol. The van der Waals surface area contributed by atoms with E-state index in [2.05, 4.69) is 20.9 Å². The van der Waals surface area contributed by atoms with Crippen LogP contribution >= 0.6 is 15.9 Å². The van der Waals surface area contributed by atoms with E-state index in [0.717, 1.165) is 6.07 Å². The van der Waals surface area contributed by atoms with Crippen LogP contribution < -0.4 is 5.73 Å². The summed E-state index contributed by atoms with van der Waals surface area (Å²) in [4.78, 5) is 3.37.